The van der Waals surface area contributed by atoms with Crippen LogP contribution in [0.4, 0.5) is 13.2 Å². The van der Waals surface area contributed by atoms with E-state index in [1.807, 2.05) is 0 Å². The zero-order valence-corrected chi connectivity index (χ0v) is 15.0. The molecular formula is C18H24F3N3O3. The Morgan fingerprint density at radius 2 is 1.96 bits per heavy atom. The molecule has 2 heterocycles. The molecule has 1 unspecified atom stereocenters. The molecule has 3 rings (SSSR count). The average Bonchev–Trinajstić information content (AvgIpc) is 3.07. The predicted molar refractivity (Wildman–Crippen MR) is 90.8 cm³/mol. The molecular weight excluding hydrogens is 363 g/mol. The average molecular weight is 387 g/mol. The van der Waals surface area contributed by atoms with Crippen molar-refractivity contribution < 1.29 is 23.1 Å². The molecule has 1 spiro atoms. The Morgan fingerprint density at radius 3 is 2.59 bits per heavy atom. The fourth-order valence-corrected chi connectivity index (χ4v) is 4.50. The van der Waals surface area contributed by atoms with E-state index < -0.39 is 35.9 Å². The first-order chi connectivity index (χ1) is 12.6. The lowest BCUT2D eigenvalue weighted by Gasteiger charge is -2.52. The van der Waals surface area contributed by atoms with Gasteiger partial charge in [0.25, 0.3) is 5.56 Å². The van der Waals surface area contributed by atoms with Crippen molar-refractivity contribution in [3.05, 3.63) is 28.9 Å². The lowest BCUT2D eigenvalue weighted by atomic mass is 9.65. The monoisotopic (exact) mass is 387 g/mol. The topological polar surface area (TPSA) is 75.4 Å². The molecule has 150 valence electrons. The Hall–Kier alpha value is -1.90. The lowest BCUT2D eigenvalue weighted by Crippen LogP contribution is -2.62. The van der Waals surface area contributed by atoms with Gasteiger partial charge < -0.3 is 14.6 Å². The van der Waals surface area contributed by atoms with Crippen LogP contribution in [-0.4, -0.2) is 50.3 Å². The summed E-state index contributed by atoms with van der Waals surface area (Å²) >= 11 is 0. The van der Waals surface area contributed by atoms with Gasteiger partial charge in [0.05, 0.1) is 24.8 Å². The second kappa shape index (κ2) is 7.26. The molecule has 0 bridgehead atoms. The van der Waals surface area contributed by atoms with Gasteiger partial charge in [0, 0.05) is 37.3 Å². The molecule has 9 heteroatoms. The van der Waals surface area contributed by atoms with E-state index >= 15 is 0 Å². The maximum atomic E-state index is 12.4. The zero-order chi connectivity index (χ0) is 19.7. The fraction of sp³-hybridized carbons (Fsp3) is 0.722. The van der Waals surface area contributed by atoms with Crippen LogP contribution in [0.15, 0.2) is 23.4 Å². The fourth-order valence-electron chi connectivity index (χ4n) is 4.50. The Bertz CT molecular complexity index is 743. The second-order valence-corrected chi connectivity index (χ2v) is 7.74. The minimum absolute atomic E-state index is 0.0962. The van der Waals surface area contributed by atoms with E-state index in [4.69, 9.17) is 0 Å². The van der Waals surface area contributed by atoms with E-state index in [-0.39, 0.29) is 31.6 Å². The van der Waals surface area contributed by atoms with Crippen molar-refractivity contribution in [2.24, 2.45) is 5.41 Å². The van der Waals surface area contributed by atoms with E-state index in [1.165, 1.54) is 28.1 Å². The third-order valence-electron chi connectivity index (χ3n) is 6.04. The van der Waals surface area contributed by atoms with Gasteiger partial charge in [0.15, 0.2) is 0 Å². The summed E-state index contributed by atoms with van der Waals surface area (Å²) in [6.45, 7) is 0.522. The first-order valence-corrected chi connectivity index (χ1v) is 9.22. The Kier molecular flexibility index (Phi) is 5.33. The molecule has 1 saturated heterocycles. The number of aromatic nitrogens is 2. The maximum Gasteiger partial charge on any atom is 0.389 e. The van der Waals surface area contributed by atoms with Crippen molar-refractivity contribution in [1.82, 2.24) is 14.5 Å². The first-order valence-electron chi connectivity index (χ1n) is 9.22. The summed E-state index contributed by atoms with van der Waals surface area (Å²) in [6.07, 6.45) is 1.49. The van der Waals surface area contributed by atoms with Crippen molar-refractivity contribution in [1.29, 1.82) is 0 Å². The number of rotatable bonds is 4. The summed E-state index contributed by atoms with van der Waals surface area (Å²) in [7, 11) is 0. The SMILES string of the molecule is O=C(CCC(F)(F)F)N1CCC(O)(Cn2ccncc2=O)C2(CCCC2)C1. The van der Waals surface area contributed by atoms with Gasteiger partial charge in [-0.25, -0.2) is 0 Å². The highest BCUT2D eigenvalue weighted by Gasteiger charge is 2.55. The van der Waals surface area contributed by atoms with Crippen molar-refractivity contribution in [3.8, 4) is 0 Å². The van der Waals surface area contributed by atoms with Crippen LogP contribution in [0.1, 0.15) is 44.9 Å². The van der Waals surface area contributed by atoms with Crippen molar-refractivity contribution >= 4 is 5.91 Å². The van der Waals surface area contributed by atoms with Crippen LogP contribution >= 0.6 is 0 Å². The standard InChI is InChI=1S/C18H24F3N3O3/c19-18(20,21)6-3-14(25)23-9-7-17(27,16(12-23)4-1-2-5-16)13-24-10-8-22-11-15(24)26/h8,10-11,27H,1-7,9,12-13H2. The molecule has 1 aliphatic heterocycles. The Labute approximate surface area is 155 Å². The number of carbonyl (C=O) groups is 1. The van der Waals surface area contributed by atoms with Crippen molar-refractivity contribution in [2.45, 2.75) is 63.3 Å². The number of hydrogen-bond donors (Lipinski definition) is 1. The van der Waals surface area contributed by atoms with Gasteiger partial charge in [-0.1, -0.05) is 12.8 Å². The van der Waals surface area contributed by atoms with Crippen LogP contribution in [0.25, 0.3) is 0 Å². The number of amides is 1. The third kappa shape index (κ3) is 4.17. The largest absolute Gasteiger partial charge is 0.389 e. The molecule has 1 amide bonds. The Morgan fingerprint density at radius 1 is 1.26 bits per heavy atom. The quantitative estimate of drug-likeness (QED) is 0.859. The van der Waals surface area contributed by atoms with Gasteiger partial charge in [-0.05, 0) is 19.3 Å². The highest BCUT2D eigenvalue weighted by atomic mass is 19.4. The number of piperidine rings is 1. The van der Waals surface area contributed by atoms with Crippen LogP contribution in [-0.2, 0) is 11.3 Å². The minimum Gasteiger partial charge on any atom is -0.387 e. The molecule has 1 saturated carbocycles. The lowest BCUT2D eigenvalue weighted by molar-refractivity contribution is -0.166. The Balaban J connectivity index is 1.77. The number of aliphatic hydroxyl groups is 1. The molecule has 0 aromatic carbocycles. The van der Waals surface area contributed by atoms with E-state index in [0.717, 1.165) is 12.8 Å². The highest BCUT2D eigenvalue weighted by molar-refractivity contribution is 5.76. The highest BCUT2D eigenvalue weighted by Crippen LogP contribution is 2.51. The van der Waals surface area contributed by atoms with Gasteiger partial charge in [0.1, 0.15) is 0 Å². The zero-order valence-electron chi connectivity index (χ0n) is 15.0. The number of halogens is 3. The van der Waals surface area contributed by atoms with Crippen LogP contribution < -0.4 is 5.56 Å². The van der Waals surface area contributed by atoms with Crippen LogP contribution in [0.5, 0.6) is 0 Å². The summed E-state index contributed by atoms with van der Waals surface area (Å²) in [5.74, 6) is -0.526. The summed E-state index contributed by atoms with van der Waals surface area (Å²) in [6, 6.07) is 0. The van der Waals surface area contributed by atoms with Gasteiger partial charge in [-0.2, -0.15) is 13.2 Å². The molecule has 1 aromatic rings. The van der Waals surface area contributed by atoms with E-state index in [9.17, 15) is 27.9 Å². The van der Waals surface area contributed by atoms with Gasteiger partial charge >= 0.3 is 6.18 Å². The van der Waals surface area contributed by atoms with Crippen molar-refractivity contribution in [2.75, 3.05) is 13.1 Å². The minimum atomic E-state index is -4.36. The summed E-state index contributed by atoms with van der Waals surface area (Å²) in [4.78, 5) is 29.5. The smallest absolute Gasteiger partial charge is 0.387 e. The molecule has 1 aromatic heterocycles. The molecule has 2 aliphatic rings. The number of alkyl halides is 3. The second-order valence-electron chi connectivity index (χ2n) is 7.74. The molecule has 1 atom stereocenters. The number of hydrogen-bond acceptors (Lipinski definition) is 4. The van der Waals surface area contributed by atoms with E-state index in [1.54, 1.807) is 0 Å². The summed E-state index contributed by atoms with van der Waals surface area (Å²) in [5, 5.41) is 11.5. The van der Waals surface area contributed by atoms with Crippen LogP contribution in [0, 0.1) is 5.41 Å². The van der Waals surface area contributed by atoms with Crippen LogP contribution in [0.3, 0.4) is 0 Å². The molecule has 27 heavy (non-hydrogen) atoms. The first kappa shape index (κ1) is 19.9. The summed E-state index contributed by atoms with van der Waals surface area (Å²) in [5.41, 5.74) is -2.10. The predicted octanol–water partition coefficient (Wildman–Crippen LogP) is 2.11. The number of carbonyl (C=O) groups excluding carboxylic acids is 1. The molecule has 6 nitrogen and oxygen atoms in total. The molecule has 1 aliphatic carbocycles. The van der Waals surface area contributed by atoms with E-state index in [0.29, 0.717) is 12.8 Å². The van der Waals surface area contributed by atoms with E-state index in [2.05, 4.69) is 4.98 Å². The van der Waals surface area contributed by atoms with Crippen molar-refractivity contribution in [3.63, 3.8) is 0 Å². The normalized spacial score (nSPS) is 25.1. The van der Waals surface area contributed by atoms with Gasteiger partial charge in [0.2, 0.25) is 5.91 Å². The molecule has 2 fully saturated rings. The summed E-state index contributed by atoms with van der Waals surface area (Å²) < 4.78 is 38.7. The molecule has 1 N–H and O–H groups in total. The van der Waals surface area contributed by atoms with Crippen LogP contribution in [0.2, 0.25) is 0 Å². The van der Waals surface area contributed by atoms with Gasteiger partial charge in [-0.3, -0.25) is 14.6 Å². The number of nitrogens with zero attached hydrogens (tertiary/aromatic N) is 3. The molecule has 0 radical (unpaired) electrons. The number of likely N-dealkylation sites (tertiary alicyclic amines) is 1. The third-order valence-corrected chi connectivity index (χ3v) is 6.04. The van der Waals surface area contributed by atoms with Gasteiger partial charge in [-0.15, -0.1) is 0 Å². The maximum absolute atomic E-state index is 12.4.